The summed E-state index contributed by atoms with van der Waals surface area (Å²) in [6, 6.07) is 18.1. The molecule has 0 spiro atoms. The molecule has 2 unspecified atom stereocenters. The van der Waals surface area contributed by atoms with E-state index in [9.17, 15) is 9.59 Å². The first-order chi connectivity index (χ1) is 15.7. The molecule has 174 valence electrons. The zero-order chi connectivity index (χ0) is 24.0. The van der Waals surface area contributed by atoms with Crippen LogP contribution in [0.2, 0.25) is 19.6 Å². The Morgan fingerprint density at radius 1 is 1.12 bits per heavy atom. The number of nitriles is 1. The van der Waals surface area contributed by atoms with E-state index in [-0.39, 0.29) is 23.9 Å². The van der Waals surface area contributed by atoms with Crippen molar-refractivity contribution in [3.8, 4) is 11.8 Å². The van der Waals surface area contributed by atoms with Gasteiger partial charge < -0.3 is 4.74 Å². The lowest BCUT2D eigenvalue weighted by molar-refractivity contribution is -0.125. The highest BCUT2D eigenvalue weighted by molar-refractivity contribution is 6.88. The van der Waals surface area contributed by atoms with Crippen molar-refractivity contribution >= 4 is 24.8 Å². The standard InChI is InChI=1S/C27H34N2O3Si/c1-32-24-9-7-22(8-10-24)26(16-23(30)19-29-14-13-21(17-28)18-29)27(31)15-20-5-11-25(12-6-20)33(2,3)4/h5-12,21,26H,13-16,18-19H2,1-4H3. The maximum absolute atomic E-state index is 13.4. The van der Waals surface area contributed by atoms with E-state index in [1.54, 1.807) is 7.11 Å². The second kappa shape index (κ2) is 10.9. The summed E-state index contributed by atoms with van der Waals surface area (Å²) >= 11 is 0. The Kier molecular flexibility index (Phi) is 8.23. The highest BCUT2D eigenvalue weighted by Gasteiger charge is 2.28. The Hall–Kier alpha value is -2.75. The fourth-order valence-corrected chi connectivity index (χ4v) is 5.49. The summed E-state index contributed by atoms with van der Waals surface area (Å²) in [4.78, 5) is 28.3. The Bertz CT molecular complexity index is 1000. The van der Waals surface area contributed by atoms with E-state index in [1.165, 1.54) is 5.19 Å². The number of methoxy groups -OCH3 is 1. The molecule has 1 saturated heterocycles. The molecule has 0 aliphatic carbocycles. The summed E-state index contributed by atoms with van der Waals surface area (Å²) in [6.07, 6.45) is 1.28. The quantitative estimate of drug-likeness (QED) is 0.500. The second-order valence-electron chi connectivity index (χ2n) is 10.0. The summed E-state index contributed by atoms with van der Waals surface area (Å²) in [6.45, 7) is 8.59. The molecule has 2 aromatic rings. The highest BCUT2D eigenvalue weighted by Crippen LogP contribution is 2.26. The fourth-order valence-electron chi connectivity index (χ4n) is 4.32. The summed E-state index contributed by atoms with van der Waals surface area (Å²) in [5, 5.41) is 10.5. The number of carbonyl (C=O) groups is 2. The Morgan fingerprint density at radius 2 is 1.79 bits per heavy atom. The molecule has 1 fully saturated rings. The van der Waals surface area contributed by atoms with Gasteiger partial charge in [0, 0.05) is 25.3 Å². The first kappa shape index (κ1) is 24.9. The number of carbonyl (C=O) groups excluding carboxylic acids is 2. The molecule has 2 aromatic carbocycles. The van der Waals surface area contributed by atoms with Gasteiger partial charge >= 0.3 is 0 Å². The molecule has 33 heavy (non-hydrogen) atoms. The van der Waals surface area contributed by atoms with E-state index in [2.05, 4.69) is 37.8 Å². The number of Topliss-reactive ketones (excluding diaryl/α,β-unsaturated/α-hetero) is 2. The van der Waals surface area contributed by atoms with Crippen molar-refractivity contribution in [3.05, 3.63) is 59.7 Å². The number of nitrogens with zero attached hydrogens (tertiary/aromatic N) is 2. The normalized spacial score (nSPS) is 17.4. The van der Waals surface area contributed by atoms with Gasteiger partial charge in [-0.3, -0.25) is 14.5 Å². The minimum absolute atomic E-state index is 0.00375. The largest absolute Gasteiger partial charge is 0.497 e. The molecule has 1 aliphatic heterocycles. The molecule has 1 aliphatic rings. The number of ether oxygens (including phenoxy) is 1. The lowest BCUT2D eigenvalue weighted by Crippen LogP contribution is -2.37. The van der Waals surface area contributed by atoms with Gasteiger partial charge in [0.1, 0.15) is 17.3 Å². The molecule has 0 amide bonds. The van der Waals surface area contributed by atoms with Crippen LogP contribution < -0.4 is 9.92 Å². The average Bonchev–Trinajstić information content (AvgIpc) is 3.24. The minimum Gasteiger partial charge on any atom is -0.497 e. The van der Waals surface area contributed by atoms with Crippen LogP contribution in [0.25, 0.3) is 0 Å². The van der Waals surface area contributed by atoms with Gasteiger partial charge in [0.15, 0.2) is 0 Å². The molecule has 0 radical (unpaired) electrons. The zero-order valence-corrected chi connectivity index (χ0v) is 21.1. The van der Waals surface area contributed by atoms with Crippen molar-refractivity contribution in [1.29, 1.82) is 5.26 Å². The lowest BCUT2D eigenvalue weighted by atomic mass is 9.87. The average molecular weight is 463 g/mol. The number of benzene rings is 2. The Morgan fingerprint density at radius 3 is 2.33 bits per heavy atom. The molecule has 0 bridgehead atoms. The molecular formula is C27H34N2O3Si. The molecule has 2 atom stereocenters. The third-order valence-electron chi connectivity index (χ3n) is 6.39. The number of hydrogen-bond donors (Lipinski definition) is 0. The van der Waals surface area contributed by atoms with E-state index in [0.717, 1.165) is 29.8 Å². The van der Waals surface area contributed by atoms with E-state index < -0.39 is 14.0 Å². The van der Waals surface area contributed by atoms with Gasteiger partial charge in [0.2, 0.25) is 0 Å². The van der Waals surface area contributed by atoms with E-state index in [0.29, 0.717) is 19.5 Å². The van der Waals surface area contributed by atoms with Gasteiger partial charge in [-0.05, 0) is 36.2 Å². The van der Waals surface area contributed by atoms with Gasteiger partial charge in [0.25, 0.3) is 0 Å². The zero-order valence-electron chi connectivity index (χ0n) is 20.1. The lowest BCUT2D eigenvalue weighted by Gasteiger charge is -2.20. The SMILES string of the molecule is COc1ccc(C(CC(=O)CN2CCC(C#N)C2)C(=O)Cc2ccc([Si](C)(C)C)cc2)cc1. The Labute approximate surface area is 198 Å². The van der Waals surface area contributed by atoms with E-state index in [4.69, 9.17) is 10.00 Å². The molecular weight excluding hydrogens is 428 g/mol. The number of likely N-dealkylation sites (tertiary alicyclic amines) is 1. The topological polar surface area (TPSA) is 70.4 Å². The van der Waals surface area contributed by atoms with Crippen molar-refractivity contribution in [2.75, 3.05) is 26.7 Å². The number of ketones is 2. The number of hydrogen-bond acceptors (Lipinski definition) is 5. The highest BCUT2D eigenvalue weighted by atomic mass is 28.3. The third-order valence-corrected chi connectivity index (χ3v) is 8.46. The third kappa shape index (κ3) is 6.86. The molecule has 6 heteroatoms. The first-order valence-electron chi connectivity index (χ1n) is 11.6. The van der Waals surface area contributed by atoms with Gasteiger partial charge in [0.05, 0.1) is 33.7 Å². The monoisotopic (exact) mass is 462 g/mol. The molecule has 0 saturated carbocycles. The first-order valence-corrected chi connectivity index (χ1v) is 15.1. The maximum atomic E-state index is 13.4. The number of rotatable bonds is 10. The van der Waals surface area contributed by atoms with Crippen LogP contribution in [0, 0.1) is 17.2 Å². The van der Waals surface area contributed by atoms with Crippen molar-refractivity contribution in [1.82, 2.24) is 4.90 Å². The molecule has 0 aromatic heterocycles. The van der Waals surface area contributed by atoms with Crippen LogP contribution in [0.3, 0.4) is 0 Å². The Balaban J connectivity index is 1.74. The van der Waals surface area contributed by atoms with Crippen LogP contribution in [0.4, 0.5) is 0 Å². The second-order valence-corrected chi connectivity index (χ2v) is 15.1. The minimum atomic E-state index is -1.39. The summed E-state index contributed by atoms with van der Waals surface area (Å²) in [5.41, 5.74) is 1.81. The van der Waals surface area contributed by atoms with Crippen LogP contribution >= 0.6 is 0 Å². The van der Waals surface area contributed by atoms with Gasteiger partial charge in [-0.25, -0.2) is 0 Å². The predicted octanol–water partition coefficient (Wildman–Crippen LogP) is 3.94. The van der Waals surface area contributed by atoms with Crippen molar-refractivity contribution in [2.45, 2.75) is 44.8 Å². The van der Waals surface area contributed by atoms with Crippen molar-refractivity contribution < 1.29 is 14.3 Å². The van der Waals surface area contributed by atoms with Crippen molar-refractivity contribution in [3.63, 3.8) is 0 Å². The maximum Gasteiger partial charge on any atom is 0.147 e. The predicted molar refractivity (Wildman–Crippen MR) is 134 cm³/mol. The van der Waals surface area contributed by atoms with Crippen LogP contribution in [0.5, 0.6) is 5.75 Å². The van der Waals surface area contributed by atoms with Gasteiger partial charge in [-0.2, -0.15) is 5.26 Å². The molecule has 5 nitrogen and oxygen atoms in total. The smallest absolute Gasteiger partial charge is 0.147 e. The van der Waals surface area contributed by atoms with E-state index >= 15 is 0 Å². The summed E-state index contributed by atoms with van der Waals surface area (Å²) in [5.74, 6) is 0.311. The van der Waals surface area contributed by atoms with Crippen molar-refractivity contribution in [2.24, 2.45) is 5.92 Å². The van der Waals surface area contributed by atoms with E-state index in [1.807, 2.05) is 41.3 Å². The molecule has 0 N–H and O–H groups in total. The van der Waals surface area contributed by atoms with Crippen LogP contribution in [0.1, 0.15) is 29.9 Å². The molecule has 1 heterocycles. The van der Waals surface area contributed by atoms with Crippen LogP contribution in [-0.2, 0) is 16.0 Å². The van der Waals surface area contributed by atoms with Gasteiger partial charge in [-0.1, -0.05) is 61.2 Å². The summed E-state index contributed by atoms with van der Waals surface area (Å²) in [7, 11) is 0.213. The molecule has 3 rings (SSSR count). The van der Waals surface area contributed by atoms with Crippen LogP contribution in [0.15, 0.2) is 48.5 Å². The fraction of sp³-hybridized carbons (Fsp3) is 0.444. The van der Waals surface area contributed by atoms with Gasteiger partial charge in [-0.15, -0.1) is 0 Å². The van der Waals surface area contributed by atoms with Crippen LogP contribution in [-0.4, -0.2) is 51.3 Å². The summed E-state index contributed by atoms with van der Waals surface area (Å²) < 4.78 is 5.25.